The Morgan fingerprint density at radius 3 is 2.32 bits per heavy atom. The van der Waals surface area contributed by atoms with E-state index in [0.717, 1.165) is 45.0 Å². The van der Waals surface area contributed by atoms with Gasteiger partial charge < -0.3 is 20.4 Å². The highest BCUT2D eigenvalue weighted by molar-refractivity contribution is 14.0. The maximum atomic E-state index is 12.1. The van der Waals surface area contributed by atoms with E-state index in [1.807, 2.05) is 14.0 Å². The monoisotopic (exact) mass is 506 g/mol. The average Bonchev–Trinajstić information content (AvgIpc) is 2.84. The van der Waals surface area contributed by atoms with Crippen molar-refractivity contribution in [3.05, 3.63) is 0 Å². The molecule has 9 heteroatoms. The molecule has 160 valence electrons. The minimum absolute atomic E-state index is 0. The van der Waals surface area contributed by atoms with Crippen molar-refractivity contribution in [1.82, 2.24) is 25.8 Å². The molecule has 0 radical (unpaired) electrons. The number of hydrogen-bond donors (Lipinski definition) is 3. The van der Waals surface area contributed by atoms with Gasteiger partial charge in [-0.15, -0.1) is 24.0 Å². The SMILES string of the molecule is CN=C(NCCN1CCCCCC1)N1CCC(C2(C)NC(=O)NC2=O)CC1.I. The number of carbonyl (C=O) groups is 2. The number of likely N-dealkylation sites (tertiary alicyclic amines) is 2. The van der Waals surface area contributed by atoms with Crippen molar-refractivity contribution < 1.29 is 9.59 Å². The van der Waals surface area contributed by atoms with Crippen LogP contribution in [0.1, 0.15) is 45.4 Å². The first-order chi connectivity index (χ1) is 13.0. The summed E-state index contributed by atoms with van der Waals surface area (Å²) in [5.74, 6) is 0.884. The van der Waals surface area contributed by atoms with Gasteiger partial charge in [0.25, 0.3) is 5.91 Å². The van der Waals surface area contributed by atoms with Crippen molar-refractivity contribution in [2.45, 2.75) is 51.0 Å². The fraction of sp³-hybridized carbons (Fsp3) is 0.842. The summed E-state index contributed by atoms with van der Waals surface area (Å²) in [4.78, 5) is 32.9. The average molecular weight is 506 g/mol. The van der Waals surface area contributed by atoms with E-state index in [1.54, 1.807) is 0 Å². The Hall–Kier alpha value is -1.10. The van der Waals surface area contributed by atoms with Crippen LogP contribution in [0.4, 0.5) is 4.79 Å². The second kappa shape index (κ2) is 10.6. The summed E-state index contributed by atoms with van der Waals surface area (Å²) >= 11 is 0. The summed E-state index contributed by atoms with van der Waals surface area (Å²) < 4.78 is 0. The first-order valence-corrected chi connectivity index (χ1v) is 10.3. The number of nitrogens with one attached hydrogen (secondary N) is 3. The summed E-state index contributed by atoms with van der Waals surface area (Å²) in [6.07, 6.45) is 7.06. The molecule has 3 aliphatic rings. The molecule has 0 aromatic rings. The van der Waals surface area contributed by atoms with E-state index in [1.165, 1.54) is 38.8 Å². The van der Waals surface area contributed by atoms with Crippen LogP contribution >= 0.6 is 24.0 Å². The fourth-order valence-electron chi connectivity index (χ4n) is 4.53. The quantitative estimate of drug-likeness (QED) is 0.232. The lowest BCUT2D eigenvalue weighted by atomic mass is 9.79. The van der Waals surface area contributed by atoms with Gasteiger partial charge in [-0.3, -0.25) is 15.1 Å². The molecular formula is C19H35IN6O2. The fourth-order valence-corrected chi connectivity index (χ4v) is 4.53. The molecule has 1 unspecified atom stereocenters. The summed E-state index contributed by atoms with van der Waals surface area (Å²) in [5.41, 5.74) is -0.785. The van der Waals surface area contributed by atoms with Gasteiger partial charge in [-0.25, -0.2) is 4.79 Å². The molecule has 8 nitrogen and oxygen atoms in total. The maximum Gasteiger partial charge on any atom is 0.322 e. The third-order valence-corrected chi connectivity index (χ3v) is 6.30. The van der Waals surface area contributed by atoms with Crippen LogP contribution in [0.15, 0.2) is 4.99 Å². The Morgan fingerprint density at radius 2 is 1.79 bits per heavy atom. The zero-order valence-corrected chi connectivity index (χ0v) is 19.5. The van der Waals surface area contributed by atoms with Crippen molar-refractivity contribution >= 4 is 41.9 Å². The zero-order valence-electron chi connectivity index (χ0n) is 17.1. The molecule has 0 saturated carbocycles. The molecule has 3 N–H and O–H groups in total. The van der Waals surface area contributed by atoms with Crippen LogP contribution in [-0.4, -0.2) is 79.6 Å². The third kappa shape index (κ3) is 5.49. The topological polar surface area (TPSA) is 89.1 Å². The van der Waals surface area contributed by atoms with E-state index < -0.39 is 5.54 Å². The molecule has 3 rings (SSSR count). The lowest BCUT2D eigenvalue weighted by molar-refractivity contribution is -0.125. The molecule has 3 fully saturated rings. The van der Waals surface area contributed by atoms with Crippen LogP contribution in [0.3, 0.4) is 0 Å². The van der Waals surface area contributed by atoms with Crippen LogP contribution in [0.25, 0.3) is 0 Å². The predicted molar refractivity (Wildman–Crippen MR) is 121 cm³/mol. The van der Waals surface area contributed by atoms with Crippen molar-refractivity contribution in [3.63, 3.8) is 0 Å². The van der Waals surface area contributed by atoms with Crippen molar-refractivity contribution in [1.29, 1.82) is 0 Å². The number of guanidine groups is 1. The van der Waals surface area contributed by atoms with Crippen LogP contribution < -0.4 is 16.0 Å². The summed E-state index contributed by atoms with van der Waals surface area (Å²) in [7, 11) is 1.83. The normalized spacial score (nSPS) is 27.6. The Balaban J connectivity index is 0.00000280. The van der Waals surface area contributed by atoms with Crippen LogP contribution in [0.5, 0.6) is 0 Å². The van der Waals surface area contributed by atoms with E-state index in [0.29, 0.717) is 0 Å². The highest BCUT2D eigenvalue weighted by Gasteiger charge is 2.48. The first-order valence-electron chi connectivity index (χ1n) is 10.3. The number of hydrogen-bond acceptors (Lipinski definition) is 4. The number of carbonyl (C=O) groups excluding carboxylic acids is 2. The Labute approximate surface area is 185 Å². The molecule has 3 amide bonds. The van der Waals surface area contributed by atoms with Crippen LogP contribution in [0.2, 0.25) is 0 Å². The lowest BCUT2D eigenvalue weighted by Crippen LogP contribution is -2.55. The number of nitrogens with zero attached hydrogens (tertiary/aromatic N) is 3. The Bertz CT molecular complexity index is 571. The largest absolute Gasteiger partial charge is 0.355 e. The molecule has 0 aliphatic carbocycles. The predicted octanol–water partition coefficient (Wildman–Crippen LogP) is 1.37. The molecule has 3 heterocycles. The molecule has 3 aliphatic heterocycles. The smallest absolute Gasteiger partial charge is 0.322 e. The summed E-state index contributed by atoms with van der Waals surface area (Å²) in [6.45, 7) is 7.89. The second-order valence-corrected chi connectivity index (χ2v) is 8.10. The van der Waals surface area contributed by atoms with Gasteiger partial charge in [-0.1, -0.05) is 12.8 Å². The molecule has 0 spiro atoms. The van der Waals surface area contributed by atoms with E-state index in [4.69, 9.17) is 0 Å². The lowest BCUT2D eigenvalue weighted by Gasteiger charge is -2.39. The highest BCUT2D eigenvalue weighted by atomic mass is 127. The Morgan fingerprint density at radius 1 is 1.14 bits per heavy atom. The van der Waals surface area contributed by atoms with Crippen LogP contribution in [-0.2, 0) is 4.79 Å². The van der Waals surface area contributed by atoms with Gasteiger partial charge in [0.05, 0.1) is 0 Å². The zero-order chi connectivity index (χ0) is 19.3. The number of rotatable bonds is 4. The van der Waals surface area contributed by atoms with Gasteiger partial charge in [0.2, 0.25) is 0 Å². The molecule has 28 heavy (non-hydrogen) atoms. The maximum absolute atomic E-state index is 12.1. The van der Waals surface area contributed by atoms with Gasteiger partial charge in [0.15, 0.2) is 5.96 Å². The number of aliphatic imine (C=N–C) groups is 1. The minimum Gasteiger partial charge on any atom is -0.355 e. The van der Waals surface area contributed by atoms with Crippen molar-refractivity contribution in [3.8, 4) is 0 Å². The number of imide groups is 1. The minimum atomic E-state index is -0.785. The molecule has 0 aromatic carbocycles. The van der Waals surface area contributed by atoms with E-state index in [2.05, 4.69) is 30.7 Å². The van der Waals surface area contributed by atoms with Gasteiger partial charge in [-0.05, 0) is 51.6 Å². The summed E-state index contributed by atoms with van der Waals surface area (Å²) in [6, 6.07) is -0.379. The third-order valence-electron chi connectivity index (χ3n) is 6.30. The van der Waals surface area contributed by atoms with Crippen LogP contribution in [0, 0.1) is 5.92 Å². The van der Waals surface area contributed by atoms with Crippen molar-refractivity contribution in [2.75, 3.05) is 46.3 Å². The molecule has 0 aromatic heterocycles. The van der Waals surface area contributed by atoms with E-state index >= 15 is 0 Å². The standard InChI is InChI=1S/C19H34N6O2.HI/c1-19(16(26)22-18(27)23-19)15-7-12-25(13-8-15)17(20-2)21-9-14-24-10-5-3-4-6-11-24;/h15H,3-14H2,1-2H3,(H,20,21)(H2,22,23,26,27);1H. The van der Waals surface area contributed by atoms with E-state index in [9.17, 15) is 9.59 Å². The van der Waals surface area contributed by atoms with Crippen molar-refractivity contribution in [2.24, 2.45) is 10.9 Å². The number of piperidine rings is 1. The first kappa shape index (κ1) is 23.2. The number of amides is 3. The molecular weight excluding hydrogens is 471 g/mol. The highest BCUT2D eigenvalue weighted by Crippen LogP contribution is 2.30. The number of urea groups is 1. The van der Waals surface area contributed by atoms with E-state index in [-0.39, 0.29) is 41.8 Å². The molecule has 1 atom stereocenters. The molecule has 0 bridgehead atoms. The van der Waals surface area contributed by atoms with Gasteiger partial charge in [-0.2, -0.15) is 0 Å². The number of halogens is 1. The second-order valence-electron chi connectivity index (χ2n) is 8.10. The molecule has 3 saturated heterocycles. The summed E-state index contributed by atoms with van der Waals surface area (Å²) in [5, 5.41) is 8.69. The Kier molecular flexibility index (Phi) is 8.79. The van der Waals surface area contributed by atoms with Gasteiger partial charge >= 0.3 is 6.03 Å². The van der Waals surface area contributed by atoms with Gasteiger partial charge in [0.1, 0.15) is 5.54 Å². The van der Waals surface area contributed by atoms with Gasteiger partial charge in [0, 0.05) is 33.2 Å².